The molecule has 0 aliphatic rings. The van der Waals surface area contributed by atoms with Gasteiger partial charge in [0.25, 0.3) is 0 Å². The van der Waals surface area contributed by atoms with E-state index < -0.39 is 0 Å². The zero-order chi connectivity index (χ0) is 17.3. The van der Waals surface area contributed by atoms with E-state index in [9.17, 15) is 0 Å². The van der Waals surface area contributed by atoms with E-state index in [0.717, 1.165) is 4.47 Å². The number of benzene rings is 4. The van der Waals surface area contributed by atoms with Crippen LogP contribution >= 0.6 is 15.9 Å². The van der Waals surface area contributed by atoms with Gasteiger partial charge >= 0.3 is 0 Å². The highest BCUT2D eigenvalue weighted by Gasteiger charge is 2.18. The molecule has 0 aliphatic heterocycles. The van der Waals surface area contributed by atoms with Crippen LogP contribution in [0.5, 0.6) is 0 Å². The van der Waals surface area contributed by atoms with Crippen molar-refractivity contribution in [2.45, 2.75) is 0 Å². The topological polar surface area (TPSA) is 4.41 Å². The lowest BCUT2D eigenvalue weighted by Gasteiger charge is -2.04. The van der Waals surface area contributed by atoms with E-state index in [2.05, 4.69) is 105 Å². The Morgan fingerprint density at radius 1 is 0.538 bits per heavy atom. The van der Waals surface area contributed by atoms with Crippen LogP contribution in [0.2, 0.25) is 0 Å². The SMILES string of the molecule is Brc1cccc2c3cccc4c5cc(-c6ccccc6)ccc5n(c12)c43. The Hall–Kier alpha value is -2.84. The van der Waals surface area contributed by atoms with Crippen LogP contribution in [0.3, 0.4) is 0 Å². The zero-order valence-electron chi connectivity index (χ0n) is 13.9. The van der Waals surface area contributed by atoms with Gasteiger partial charge in [0, 0.05) is 26.0 Å². The smallest absolute Gasteiger partial charge is 0.0683 e. The number of halogens is 1. The highest BCUT2D eigenvalue weighted by molar-refractivity contribution is 9.10. The van der Waals surface area contributed by atoms with Crippen LogP contribution in [0, 0.1) is 0 Å². The molecule has 6 rings (SSSR count). The average Bonchev–Trinajstić information content (AvgIpc) is 3.21. The van der Waals surface area contributed by atoms with Gasteiger partial charge in [-0.3, -0.25) is 0 Å². The average molecular weight is 396 g/mol. The Bertz CT molecular complexity index is 1430. The standard InChI is InChI=1S/C24H14BrN/c25-21-11-5-10-18-17-8-4-9-19-20-14-16(15-6-2-1-3-7-15)12-13-22(20)26(23(17)19)24(18)21/h1-14H. The summed E-state index contributed by atoms with van der Waals surface area (Å²) in [6.45, 7) is 0. The Balaban J connectivity index is 1.84. The predicted molar refractivity (Wildman–Crippen MR) is 114 cm³/mol. The molecule has 0 N–H and O–H groups in total. The van der Waals surface area contributed by atoms with E-state index in [0.29, 0.717) is 0 Å². The third-order valence-electron chi connectivity index (χ3n) is 5.39. The Morgan fingerprint density at radius 3 is 2.04 bits per heavy atom. The van der Waals surface area contributed by atoms with Crippen molar-refractivity contribution in [3.63, 3.8) is 0 Å². The minimum atomic E-state index is 1.14. The number of hydrogen-bond donors (Lipinski definition) is 0. The second-order valence-electron chi connectivity index (χ2n) is 6.77. The molecule has 0 spiro atoms. The molecule has 0 atom stereocenters. The number of aromatic nitrogens is 1. The molecule has 0 saturated carbocycles. The van der Waals surface area contributed by atoms with Crippen LogP contribution in [0.25, 0.3) is 49.2 Å². The van der Waals surface area contributed by atoms with Crippen LogP contribution in [0.1, 0.15) is 0 Å². The second kappa shape index (κ2) is 5.09. The molecule has 122 valence electrons. The molecular formula is C24H14BrN. The van der Waals surface area contributed by atoms with E-state index in [-0.39, 0.29) is 0 Å². The summed E-state index contributed by atoms with van der Waals surface area (Å²) in [6, 6.07) is 30.5. The summed E-state index contributed by atoms with van der Waals surface area (Å²) in [4.78, 5) is 0. The van der Waals surface area contributed by atoms with Crippen LogP contribution in [0.15, 0.2) is 89.4 Å². The van der Waals surface area contributed by atoms with E-state index >= 15 is 0 Å². The lowest BCUT2D eigenvalue weighted by Crippen LogP contribution is -1.82. The van der Waals surface area contributed by atoms with Crippen molar-refractivity contribution >= 4 is 54.0 Å². The number of rotatable bonds is 1. The fraction of sp³-hybridized carbons (Fsp3) is 0. The minimum Gasteiger partial charge on any atom is -0.307 e. The Morgan fingerprint density at radius 2 is 1.23 bits per heavy atom. The van der Waals surface area contributed by atoms with Gasteiger partial charge in [0.2, 0.25) is 0 Å². The maximum Gasteiger partial charge on any atom is 0.0683 e. The van der Waals surface area contributed by atoms with E-state index in [1.54, 1.807) is 0 Å². The third-order valence-corrected chi connectivity index (χ3v) is 6.03. The zero-order valence-corrected chi connectivity index (χ0v) is 15.5. The summed E-state index contributed by atoms with van der Waals surface area (Å²) < 4.78 is 3.55. The van der Waals surface area contributed by atoms with Crippen molar-refractivity contribution in [2.75, 3.05) is 0 Å². The first-order valence-electron chi connectivity index (χ1n) is 8.75. The summed E-state index contributed by atoms with van der Waals surface area (Å²) in [5.41, 5.74) is 6.34. The van der Waals surface area contributed by atoms with Crippen molar-refractivity contribution < 1.29 is 0 Å². The molecule has 0 amide bonds. The Labute approximate surface area is 158 Å². The maximum absolute atomic E-state index is 3.77. The molecular weight excluding hydrogens is 382 g/mol. The largest absolute Gasteiger partial charge is 0.307 e. The highest BCUT2D eigenvalue weighted by Crippen LogP contribution is 2.41. The molecule has 0 radical (unpaired) electrons. The molecule has 2 heterocycles. The van der Waals surface area contributed by atoms with Gasteiger partial charge < -0.3 is 4.40 Å². The van der Waals surface area contributed by atoms with Gasteiger partial charge in [0.1, 0.15) is 0 Å². The molecule has 0 saturated heterocycles. The van der Waals surface area contributed by atoms with E-state index in [1.165, 1.54) is 49.2 Å². The minimum absolute atomic E-state index is 1.14. The summed E-state index contributed by atoms with van der Waals surface area (Å²) in [6.07, 6.45) is 0. The monoisotopic (exact) mass is 395 g/mol. The molecule has 0 aliphatic carbocycles. The van der Waals surface area contributed by atoms with Crippen LogP contribution < -0.4 is 0 Å². The van der Waals surface area contributed by atoms with Crippen molar-refractivity contribution in [1.82, 2.24) is 4.40 Å². The first-order chi connectivity index (χ1) is 12.8. The third kappa shape index (κ3) is 1.75. The van der Waals surface area contributed by atoms with Gasteiger partial charge in [-0.05, 0) is 45.3 Å². The summed E-state index contributed by atoms with van der Waals surface area (Å²) in [5.74, 6) is 0. The molecule has 0 unspecified atom stereocenters. The van der Waals surface area contributed by atoms with E-state index in [1.807, 2.05) is 0 Å². The lowest BCUT2D eigenvalue weighted by molar-refractivity contribution is 1.36. The van der Waals surface area contributed by atoms with Gasteiger partial charge in [-0.2, -0.15) is 0 Å². The van der Waals surface area contributed by atoms with Gasteiger partial charge in [0.05, 0.1) is 16.6 Å². The highest BCUT2D eigenvalue weighted by atomic mass is 79.9. The molecule has 26 heavy (non-hydrogen) atoms. The molecule has 2 aromatic heterocycles. The van der Waals surface area contributed by atoms with Gasteiger partial charge in [-0.1, -0.05) is 66.7 Å². The molecule has 2 heteroatoms. The normalized spacial score (nSPS) is 12.0. The summed E-state index contributed by atoms with van der Waals surface area (Å²) in [7, 11) is 0. The fourth-order valence-electron chi connectivity index (χ4n) is 4.29. The van der Waals surface area contributed by atoms with Crippen LogP contribution in [0.4, 0.5) is 0 Å². The summed E-state index contributed by atoms with van der Waals surface area (Å²) >= 11 is 3.77. The van der Waals surface area contributed by atoms with Crippen molar-refractivity contribution in [3.8, 4) is 11.1 Å². The fourth-order valence-corrected chi connectivity index (χ4v) is 4.83. The molecule has 0 bridgehead atoms. The van der Waals surface area contributed by atoms with Gasteiger partial charge in [-0.25, -0.2) is 0 Å². The van der Waals surface area contributed by atoms with Crippen molar-refractivity contribution in [1.29, 1.82) is 0 Å². The molecule has 0 fully saturated rings. The van der Waals surface area contributed by atoms with Crippen molar-refractivity contribution in [2.24, 2.45) is 0 Å². The predicted octanol–water partition coefficient (Wildman–Crippen LogP) is 7.27. The van der Waals surface area contributed by atoms with E-state index in [4.69, 9.17) is 0 Å². The second-order valence-corrected chi connectivity index (χ2v) is 7.63. The van der Waals surface area contributed by atoms with Crippen LogP contribution in [-0.2, 0) is 0 Å². The number of fused-ring (bicyclic) bond motifs is 6. The van der Waals surface area contributed by atoms with Gasteiger partial charge in [-0.15, -0.1) is 0 Å². The van der Waals surface area contributed by atoms with Crippen LogP contribution in [-0.4, -0.2) is 4.40 Å². The molecule has 1 nitrogen and oxygen atoms in total. The Kier molecular flexibility index (Phi) is 2.81. The summed E-state index contributed by atoms with van der Waals surface area (Å²) in [5, 5.41) is 5.24. The molecule has 6 aromatic rings. The maximum atomic E-state index is 3.77. The van der Waals surface area contributed by atoms with Crippen molar-refractivity contribution in [3.05, 3.63) is 89.4 Å². The first-order valence-corrected chi connectivity index (χ1v) is 9.54. The number of hydrogen-bond acceptors (Lipinski definition) is 0. The quantitative estimate of drug-likeness (QED) is 0.275. The number of para-hydroxylation sites is 2. The van der Waals surface area contributed by atoms with Gasteiger partial charge in [0.15, 0.2) is 0 Å². The number of nitrogens with zero attached hydrogens (tertiary/aromatic N) is 1. The first kappa shape index (κ1) is 14.3. The lowest BCUT2D eigenvalue weighted by atomic mass is 10.0. The molecule has 4 aromatic carbocycles.